The van der Waals surface area contributed by atoms with E-state index >= 15 is 0 Å². The minimum Gasteiger partial charge on any atom is -0.463 e. The Morgan fingerprint density at radius 3 is 2.78 bits per heavy atom. The molecule has 0 spiro atoms. The number of nitrogens with zero attached hydrogens (tertiary/aromatic N) is 3. The number of aromatic nitrogens is 3. The summed E-state index contributed by atoms with van der Waals surface area (Å²) in [5.41, 5.74) is 2.45. The van der Waals surface area contributed by atoms with Gasteiger partial charge in [0.25, 0.3) is 0 Å². The van der Waals surface area contributed by atoms with Crippen LogP contribution in [0.5, 0.6) is 0 Å². The molecule has 23 heavy (non-hydrogen) atoms. The Balaban J connectivity index is 2.15. The Hall–Kier alpha value is -2.63. The first kappa shape index (κ1) is 15.3. The van der Waals surface area contributed by atoms with E-state index in [2.05, 4.69) is 22.3 Å². The van der Waals surface area contributed by atoms with Crippen molar-refractivity contribution in [3.63, 3.8) is 0 Å². The molecule has 0 saturated carbocycles. The molecule has 6 heteroatoms. The highest BCUT2D eigenvalue weighted by Gasteiger charge is 2.35. The van der Waals surface area contributed by atoms with E-state index in [9.17, 15) is 4.79 Å². The van der Waals surface area contributed by atoms with Crippen LogP contribution in [-0.2, 0) is 9.53 Å². The quantitative estimate of drug-likeness (QED) is 0.860. The number of hydrogen-bond donors (Lipinski definition) is 1. The van der Waals surface area contributed by atoms with Crippen molar-refractivity contribution in [2.45, 2.75) is 32.7 Å². The minimum absolute atomic E-state index is 0.307. The number of esters is 1. The third kappa shape index (κ3) is 2.84. The number of hydrogen-bond acceptors (Lipinski definition) is 5. The van der Waals surface area contributed by atoms with E-state index in [0.29, 0.717) is 18.1 Å². The van der Waals surface area contributed by atoms with E-state index in [0.717, 1.165) is 24.1 Å². The lowest BCUT2D eigenvalue weighted by Gasteiger charge is -2.29. The fourth-order valence-corrected chi connectivity index (χ4v) is 2.85. The highest BCUT2D eigenvalue weighted by atomic mass is 16.5. The molecule has 0 radical (unpaired) electrons. The van der Waals surface area contributed by atoms with Crippen LogP contribution >= 0.6 is 0 Å². The van der Waals surface area contributed by atoms with E-state index in [1.165, 1.54) is 6.33 Å². The molecular formula is C17H20N4O2. The van der Waals surface area contributed by atoms with Crippen LogP contribution in [0.4, 0.5) is 5.95 Å². The fraction of sp³-hybridized carbons (Fsp3) is 0.353. The summed E-state index contributed by atoms with van der Waals surface area (Å²) in [6, 6.07) is 9.52. The Kier molecular flexibility index (Phi) is 4.41. The first-order valence-corrected chi connectivity index (χ1v) is 7.87. The molecule has 1 aliphatic heterocycles. The Bertz CT molecular complexity index is 721. The average Bonchev–Trinajstić information content (AvgIpc) is 3.03. The molecule has 2 heterocycles. The fourth-order valence-electron chi connectivity index (χ4n) is 2.85. The average molecular weight is 312 g/mol. The number of anilines is 1. The van der Waals surface area contributed by atoms with Gasteiger partial charge in [0.05, 0.1) is 12.2 Å². The van der Waals surface area contributed by atoms with Gasteiger partial charge in [0.1, 0.15) is 12.4 Å². The number of nitrogens with one attached hydrogen (secondary N) is 1. The zero-order valence-corrected chi connectivity index (χ0v) is 13.3. The number of allylic oxidation sites excluding steroid dienone is 1. The minimum atomic E-state index is -0.324. The van der Waals surface area contributed by atoms with E-state index in [-0.39, 0.29) is 12.0 Å². The Morgan fingerprint density at radius 1 is 1.30 bits per heavy atom. The predicted molar refractivity (Wildman–Crippen MR) is 86.8 cm³/mol. The van der Waals surface area contributed by atoms with Crippen LogP contribution in [0.15, 0.2) is 47.9 Å². The first-order chi connectivity index (χ1) is 11.3. The summed E-state index contributed by atoms with van der Waals surface area (Å²) < 4.78 is 7.04. The van der Waals surface area contributed by atoms with Gasteiger partial charge in [0, 0.05) is 5.70 Å². The molecular weight excluding hydrogens is 292 g/mol. The summed E-state index contributed by atoms with van der Waals surface area (Å²) in [5.74, 6) is 0.341. The molecule has 0 amide bonds. The molecule has 0 unspecified atom stereocenters. The summed E-state index contributed by atoms with van der Waals surface area (Å²) >= 11 is 0. The van der Waals surface area contributed by atoms with Gasteiger partial charge in [-0.15, -0.1) is 0 Å². The SMILES string of the molecule is CCCC1=C(C(=O)OCC)[C@@H](c2ccccc2)n2ncnc2N1. The monoisotopic (exact) mass is 312 g/mol. The van der Waals surface area contributed by atoms with E-state index in [4.69, 9.17) is 4.74 Å². The van der Waals surface area contributed by atoms with Crippen molar-refractivity contribution < 1.29 is 9.53 Å². The molecule has 2 aromatic rings. The molecule has 0 bridgehead atoms. The van der Waals surface area contributed by atoms with Crippen LogP contribution in [0.3, 0.4) is 0 Å². The summed E-state index contributed by atoms with van der Waals surface area (Å²) in [4.78, 5) is 16.9. The van der Waals surface area contributed by atoms with Crippen molar-refractivity contribution in [2.75, 3.05) is 11.9 Å². The van der Waals surface area contributed by atoms with Crippen LogP contribution in [0, 0.1) is 0 Å². The van der Waals surface area contributed by atoms with Crippen LogP contribution in [0.1, 0.15) is 38.3 Å². The predicted octanol–water partition coefficient (Wildman–Crippen LogP) is 2.91. The molecule has 1 aromatic carbocycles. The second-order valence-electron chi connectivity index (χ2n) is 5.33. The number of benzene rings is 1. The summed E-state index contributed by atoms with van der Waals surface area (Å²) in [6.45, 7) is 4.23. The van der Waals surface area contributed by atoms with Gasteiger partial charge < -0.3 is 10.1 Å². The van der Waals surface area contributed by atoms with E-state index < -0.39 is 0 Å². The Labute approximate surface area is 135 Å². The molecule has 120 valence electrons. The molecule has 3 rings (SSSR count). The smallest absolute Gasteiger partial charge is 0.338 e. The van der Waals surface area contributed by atoms with Gasteiger partial charge in [0.15, 0.2) is 0 Å². The van der Waals surface area contributed by atoms with Gasteiger partial charge in [-0.2, -0.15) is 10.1 Å². The molecule has 6 nitrogen and oxygen atoms in total. The summed E-state index contributed by atoms with van der Waals surface area (Å²) in [6.07, 6.45) is 3.17. The van der Waals surface area contributed by atoms with Crippen molar-refractivity contribution in [3.05, 3.63) is 53.5 Å². The second kappa shape index (κ2) is 6.64. The van der Waals surface area contributed by atoms with Crippen molar-refractivity contribution in [2.24, 2.45) is 0 Å². The zero-order chi connectivity index (χ0) is 16.2. The molecule has 1 aliphatic rings. The standard InChI is InChI=1S/C17H20N4O2/c1-3-8-13-14(16(22)23-4-2)15(12-9-6-5-7-10-12)21-17(20-13)18-11-19-21/h5-7,9-11,15H,3-4,8H2,1-2H3,(H,18,19,20)/t15-/m1/s1. The van der Waals surface area contributed by atoms with Crippen molar-refractivity contribution >= 4 is 11.9 Å². The normalized spacial score (nSPS) is 16.7. The lowest BCUT2D eigenvalue weighted by atomic mass is 9.94. The number of ether oxygens (including phenoxy) is 1. The first-order valence-electron chi connectivity index (χ1n) is 7.87. The van der Waals surface area contributed by atoms with Gasteiger partial charge in [-0.3, -0.25) is 0 Å². The second-order valence-corrected chi connectivity index (χ2v) is 5.33. The van der Waals surface area contributed by atoms with Crippen LogP contribution in [-0.4, -0.2) is 27.3 Å². The molecule has 1 atom stereocenters. The third-order valence-electron chi connectivity index (χ3n) is 3.79. The van der Waals surface area contributed by atoms with Gasteiger partial charge in [-0.25, -0.2) is 9.48 Å². The number of carbonyl (C=O) groups is 1. The molecule has 1 aromatic heterocycles. The summed E-state index contributed by atoms with van der Waals surface area (Å²) in [7, 11) is 0. The number of fused-ring (bicyclic) bond motifs is 1. The van der Waals surface area contributed by atoms with Gasteiger partial charge in [-0.1, -0.05) is 43.7 Å². The molecule has 1 N–H and O–H groups in total. The molecule has 0 saturated heterocycles. The lowest BCUT2D eigenvalue weighted by molar-refractivity contribution is -0.139. The third-order valence-corrected chi connectivity index (χ3v) is 3.79. The number of carbonyl (C=O) groups excluding carboxylic acids is 1. The van der Waals surface area contributed by atoms with Crippen molar-refractivity contribution in [1.29, 1.82) is 0 Å². The van der Waals surface area contributed by atoms with Gasteiger partial charge >= 0.3 is 5.97 Å². The maximum Gasteiger partial charge on any atom is 0.338 e. The van der Waals surface area contributed by atoms with Gasteiger partial charge in [-0.05, 0) is 18.9 Å². The van der Waals surface area contributed by atoms with Crippen molar-refractivity contribution in [1.82, 2.24) is 14.8 Å². The Morgan fingerprint density at radius 2 is 2.09 bits per heavy atom. The maximum atomic E-state index is 12.6. The van der Waals surface area contributed by atoms with Crippen LogP contribution < -0.4 is 5.32 Å². The van der Waals surface area contributed by atoms with Crippen LogP contribution in [0.25, 0.3) is 0 Å². The van der Waals surface area contributed by atoms with Gasteiger partial charge in [0.2, 0.25) is 5.95 Å². The number of rotatable bonds is 5. The zero-order valence-electron chi connectivity index (χ0n) is 13.3. The van der Waals surface area contributed by atoms with E-state index in [1.54, 1.807) is 4.68 Å². The highest BCUT2D eigenvalue weighted by molar-refractivity contribution is 5.92. The lowest BCUT2D eigenvalue weighted by Crippen LogP contribution is -2.30. The van der Waals surface area contributed by atoms with Crippen molar-refractivity contribution in [3.8, 4) is 0 Å². The van der Waals surface area contributed by atoms with E-state index in [1.807, 2.05) is 37.3 Å². The largest absolute Gasteiger partial charge is 0.463 e. The maximum absolute atomic E-state index is 12.6. The summed E-state index contributed by atoms with van der Waals surface area (Å²) in [5, 5.41) is 7.54. The highest BCUT2D eigenvalue weighted by Crippen LogP contribution is 2.36. The van der Waals surface area contributed by atoms with Crippen LogP contribution in [0.2, 0.25) is 0 Å². The molecule has 0 aliphatic carbocycles. The topological polar surface area (TPSA) is 69.0 Å². The molecule has 0 fully saturated rings.